The molecule has 2 aromatic carbocycles. The number of nitrogens with zero attached hydrogens (tertiary/aromatic N) is 5. The summed E-state index contributed by atoms with van der Waals surface area (Å²) in [6.45, 7) is 6.48. The Morgan fingerprint density at radius 1 is 0.892 bits per heavy atom. The summed E-state index contributed by atoms with van der Waals surface area (Å²) in [5.41, 5.74) is 6.54. The minimum atomic E-state index is 0.283. The molecule has 0 bridgehead atoms. The lowest BCUT2D eigenvalue weighted by Crippen LogP contribution is -2.37. The van der Waals surface area contributed by atoms with E-state index in [1.807, 2.05) is 67.3 Å². The highest BCUT2D eigenvalue weighted by atomic mass is 35.5. The maximum Gasteiger partial charge on any atom is 0.250 e. The highest BCUT2D eigenvalue weighted by Crippen LogP contribution is 2.27. The van der Waals surface area contributed by atoms with Gasteiger partial charge in [-0.3, -0.25) is 0 Å². The number of aromatic nitrogens is 3. The molecule has 0 aliphatic carbocycles. The van der Waals surface area contributed by atoms with Crippen molar-refractivity contribution in [2.75, 3.05) is 41.9 Å². The van der Waals surface area contributed by atoms with E-state index in [0.29, 0.717) is 59.8 Å². The molecule has 5 rings (SSSR count). The van der Waals surface area contributed by atoms with Gasteiger partial charge in [0.2, 0.25) is 17.8 Å². The van der Waals surface area contributed by atoms with Gasteiger partial charge in [-0.2, -0.15) is 20.1 Å². The van der Waals surface area contributed by atoms with Crippen molar-refractivity contribution in [1.29, 1.82) is 0 Å². The van der Waals surface area contributed by atoms with Crippen LogP contribution in [0.3, 0.4) is 0 Å². The number of anilines is 4. The van der Waals surface area contributed by atoms with Gasteiger partial charge in [0.05, 0.1) is 19.4 Å². The van der Waals surface area contributed by atoms with Crippen molar-refractivity contribution in [2.24, 2.45) is 5.10 Å². The van der Waals surface area contributed by atoms with Crippen molar-refractivity contribution in [3.8, 4) is 11.3 Å². The Hall–Kier alpha value is -3.66. The van der Waals surface area contributed by atoms with Crippen molar-refractivity contribution >= 4 is 52.9 Å². The first-order chi connectivity index (χ1) is 17.9. The van der Waals surface area contributed by atoms with Crippen LogP contribution in [0, 0.1) is 13.8 Å². The van der Waals surface area contributed by atoms with E-state index in [0.717, 1.165) is 22.4 Å². The van der Waals surface area contributed by atoms with E-state index in [1.165, 1.54) is 0 Å². The number of hydrazone groups is 1. The fraction of sp³-hybridized carbons (Fsp3) is 0.231. The molecule has 9 nitrogen and oxygen atoms in total. The number of hydrogen-bond acceptors (Lipinski definition) is 9. The lowest BCUT2D eigenvalue weighted by Gasteiger charge is -2.27. The molecule has 3 heterocycles. The van der Waals surface area contributed by atoms with Gasteiger partial charge in [0.1, 0.15) is 11.5 Å². The molecule has 0 atom stereocenters. The molecule has 11 heteroatoms. The van der Waals surface area contributed by atoms with Crippen LogP contribution >= 0.6 is 23.2 Å². The van der Waals surface area contributed by atoms with Crippen LogP contribution in [0.4, 0.5) is 23.5 Å². The summed E-state index contributed by atoms with van der Waals surface area (Å²) in [6.07, 6.45) is 1.56. The fourth-order valence-electron chi connectivity index (χ4n) is 3.65. The zero-order valence-corrected chi connectivity index (χ0v) is 21.8. The van der Waals surface area contributed by atoms with Gasteiger partial charge in [-0.15, -0.1) is 0 Å². The largest absolute Gasteiger partial charge is 0.455 e. The minimum absolute atomic E-state index is 0.283. The zero-order chi connectivity index (χ0) is 25.8. The van der Waals surface area contributed by atoms with Crippen LogP contribution in [-0.2, 0) is 4.74 Å². The third-order valence-corrected chi connectivity index (χ3v) is 6.60. The summed E-state index contributed by atoms with van der Waals surface area (Å²) >= 11 is 12.5. The molecule has 0 spiro atoms. The summed E-state index contributed by atoms with van der Waals surface area (Å²) in [6, 6.07) is 15.2. The van der Waals surface area contributed by atoms with Gasteiger partial charge in [0.15, 0.2) is 0 Å². The number of hydrogen-bond donors (Lipinski definition) is 2. The number of halogens is 2. The maximum absolute atomic E-state index is 6.28. The number of furan rings is 1. The molecule has 190 valence electrons. The lowest BCUT2D eigenvalue weighted by molar-refractivity contribution is 0.122. The molecule has 0 saturated carbocycles. The van der Waals surface area contributed by atoms with Gasteiger partial charge >= 0.3 is 0 Å². The molecule has 4 aromatic rings. The lowest BCUT2D eigenvalue weighted by atomic mass is 10.1. The van der Waals surface area contributed by atoms with Crippen LogP contribution in [0.2, 0.25) is 10.0 Å². The van der Waals surface area contributed by atoms with Crippen LogP contribution in [0.5, 0.6) is 0 Å². The number of rotatable bonds is 7. The van der Waals surface area contributed by atoms with E-state index in [-0.39, 0.29) is 5.95 Å². The first-order valence-electron chi connectivity index (χ1n) is 11.7. The molecule has 2 aromatic heterocycles. The van der Waals surface area contributed by atoms with Crippen molar-refractivity contribution in [1.82, 2.24) is 15.0 Å². The van der Waals surface area contributed by atoms with Gasteiger partial charge < -0.3 is 19.4 Å². The second kappa shape index (κ2) is 11.2. The van der Waals surface area contributed by atoms with Crippen molar-refractivity contribution in [3.05, 3.63) is 75.5 Å². The van der Waals surface area contributed by atoms with E-state index in [9.17, 15) is 0 Å². The highest BCUT2D eigenvalue weighted by Gasteiger charge is 2.17. The third kappa shape index (κ3) is 6.19. The van der Waals surface area contributed by atoms with Gasteiger partial charge in [0, 0.05) is 34.4 Å². The Morgan fingerprint density at radius 2 is 1.62 bits per heavy atom. The first kappa shape index (κ1) is 25.0. The molecule has 1 aliphatic rings. The van der Waals surface area contributed by atoms with E-state index in [4.69, 9.17) is 32.4 Å². The molecule has 0 radical (unpaired) electrons. The smallest absolute Gasteiger partial charge is 0.250 e. The Labute approximate surface area is 224 Å². The van der Waals surface area contributed by atoms with Crippen LogP contribution in [0.1, 0.15) is 16.9 Å². The molecule has 1 aliphatic heterocycles. The van der Waals surface area contributed by atoms with Crippen LogP contribution < -0.4 is 15.6 Å². The Morgan fingerprint density at radius 3 is 2.38 bits per heavy atom. The number of aryl methyl sites for hydroxylation is 2. The van der Waals surface area contributed by atoms with Gasteiger partial charge in [-0.25, -0.2) is 5.43 Å². The molecule has 1 saturated heterocycles. The van der Waals surface area contributed by atoms with Crippen LogP contribution in [-0.4, -0.2) is 47.5 Å². The molecule has 1 fully saturated rings. The Kier molecular flexibility index (Phi) is 7.55. The van der Waals surface area contributed by atoms with Crippen LogP contribution in [0.25, 0.3) is 11.3 Å². The predicted molar refractivity (Wildman–Crippen MR) is 147 cm³/mol. The third-order valence-electron chi connectivity index (χ3n) is 5.78. The summed E-state index contributed by atoms with van der Waals surface area (Å²) in [7, 11) is 0. The maximum atomic E-state index is 6.28. The minimum Gasteiger partial charge on any atom is -0.455 e. The molecular weight excluding hydrogens is 513 g/mol. The van der Waals surface area contributed by atoms with Crippen molar-refractivity contribution in [3.63, 3.8) is 0 Å². The van der Waals surface area contributed by atoms with Gasteiger partial charge in [-0.1, -0.05) is 41.4 Å². The standard InChI is InChI=1S/C26H25Cl2N7O2/c1-16-3-5-18(13-21(16)27)23-8-7-20(37-23)15-29-34-25-31-24(30-19-6-4-17(2)22(28)14-19)32-26(33-25)35-9-11-36-12-10-35/h3-8,13-15H,9-12H2,1-2H3,(H2,30,31,32,33,34). The molecule has 37 heavy (non-hydrogen) atoms. The first-order valence-corrected chi connectivity index (χ1v) is 12.5. The monoisotopic (exact) mass is 537 g/mol. The van der Waals surface area contributed by atoms with Gasteiger partial charge in [0.25, 0.3) is 0 Å². The average Bonchev–Trinajstić information content (AvgIpc) is 3.37. The molecule has 0 unspecified atom stereocenters. The summed E-state index contributed by atoms with van der Waals surface area (Å²) in [5.74, 6) is 2.43. The second-order valence-electron chi connectivity index (χ2n) is 8.51. The quantitative estimate of drug-likeness (QED) is 0.216. The molecular formula is C26H25Cl2N7O2. The van der Waals surface area contributed by atoms with Crippen molar-refractivity contribution in [2.45, 2.75) is 13.8 Å². The van der Waals surface area contributed by atoms with E-state index in [1.54, 1.807) is 6.21 Å². The average molecular weight is 538 g/mol. The SMILES string of the molecule is Cc1ccc(Nc2nc(NN=Cc3ccc(-c4ccc(C)c(Cl)c4)o3)nc(N3CCOCC3)n2)cc1Cl. The second-order valence-corrected chi connectivity index (χ2v) is 9.32. The highest BCUT2D eigenvalue weighted by molar-refractivity contribution is 6.32. The van der Waals surface area contributed by atoms with Gasteiger partial charge in [-0.05, 0) is 55.3 Å². The number of morpholine rings is 1. The normalized spacial score (nSPS) is 13.8. The molecule has 0 amide bonds. The number of benzene rings is 2. The van der Waals surface area contributed by atoms with E-state index < -0.39 is 0 Å². The summed E-state index contributed by atoms with van der Waals surface area (Å²) in [5, 5.41) is 8.82. The predicted octanol–water partition coefficient (Wildman–Crippen LogP) is 6.08. The topological polar surface area (TPSA) is 101 Å². The number of nitrogens with one attached hydrogen (secondary N) is 2. The summed E-state index contributed by atoms with van der Waals surface area (Å²) < 4.78 is 11.4. The van der Waals surface area contributed by atoms with Crippen LogP contribution in [0.15, 0.2) is 58.0 Å². The zero-order valence-electron chi connectivity index (χ0n) is 20.3. The summed E-state index contributed by atoms with van der Waals surface area (Å²) in [4.78, 5) is 15.7. The number of ether oxygens (including phenoxy) is 1. The van der Waals surface area contributed by atoms with E-state index in [2.05, 4.69) is 30.8 Å². The Bertz CT molecular complexity index is 1430. The Balaban J connectivity index is 1.35. The molecule has 2 N–H and O–H groups in total. The van der Waals surface area contributed by atoms with Crippen molar-refractivity contribution < 1.29 is 9.15 Å². The van der Waals surface area contributed by atoms with E-state index >= 15 is 0 Å². The fourth-order valence-corrected chi connectivity index (χ4v) is 4.01.